The zero-order valence-electron chi connectivity index (χ0n) is 6.69. The number of fused-ring (bicyclic) bond motifs is 1. The fourth-order valence-electron chi connectivity index (χ4n) is 1.13. The fourth-order valence-corrected chi connectivity index (χ4v) is 1.13. The summed E-state index contributed by atoms with van der Waals surface area (Å²) in [6.45, 7) is 1.49. The van der Waals surface area contributed by atoms with Gasteiger partial charge < -0.3 is 0 Å². The van der Waals surface area contributed by atoms with Crippen LogP contribution in [0.4, 0.5) is 0 Å². The maximum Gasteiger partial charge on any atom is 0.243 e. The number of nitrogens with zero attached hydrogens (tertiary/aromatic N) is 2. The molecule has 60 valence electrons. The Labute approximate surface area is 69.6 Å². The van der Waals surface area contributed by atoms with Crippen LogP contribution in [-0.4, -0.2) is 15.7 Å². The normalized spacial score (nSPS) is 10.4. The lowest BCUT2D eigenvalue weighted by Crippen LogP contribution is -2.04. The summed E-state index contributed by atoms with van der Waals surface area (Å²) >= 11 is 0. The molecule has 0 N–H and O–H groups in total. The van der Waals surface area contributed by atoms with Crippen molar-refractivity contribution in [3.05, 3.63) is 30.5 Å². The van der Waals surface area contributed by atoms with Gasteiger partial charge in [0.15, 0.2) is 0 Å². The van der Waals surface area contributed by atoms with E-state index < -0.39 is 0 Å². The van der Waals surface area contributed by atoms with E-state index >= 15 is 0 Å². The summed E-state index contributed by atoms with van der Waals surface area (Å²) in [5.74, 6) is -0.0637. The lowest BCUT2D eigenvalue weighted by Gasteiger charge is -1.87. The van der Waals surface area contributed by atoms with Crippen molar-refractivity contribution in [1.29, 1.82) is 0 Å². The molecule has 2 rings (SSSR count). The van der Waals surface area contributed by atoms with E-state index in [1.54, 1.807) is 6.20 Å². The van der Waals surface area contributed by atoms with Crippen LogP contribution < -0.4 is 0 Å². The standard InChI is InChI=1S/C9H8N2O/c1-7(12)11-6-8-4-2-3-5-9(8)10-11/h2-6H,1H3. The van der Waals surface area contributed by atoms with Crippen molar-refractivity contribution in [3.8, 4) is 0 Å². The second-order valence-corrected chi connectivity index (χ2v) is 2.65. The number of carbonyl (C=O) groups is 1. The monoisotopic (exact) mass is 160 g/mol. The first-order chi connectivity index (χ1) is 5.77. The molecule has 1 heterocycles. The highest BCUT2D eigenvalue weighted by atomic mass is 16.2. The Hall–Kier alpha value is -1.64. The number of aromatic nitrogens is 2. The highest BCUT2D eigenvalue weighted by Crippen LogP contribution is 2.10. The molecule has 0 atom stereocenters. The second kappa shape index (κ2) is 2.44. The minimum absolute atomic E-state index is 0.0637. The van der Waals surface area contributed by atoms with Crippen LogP contribution in [0.5, 0.6) is 0 Å². The molecule has 0 aliphatic carbocycles. The van der Waals surface area contributed by atoms with Crippen LogP contribution in [0.15, 0.2) is 30.5 Å². The molecule has 0 unspecified atom stereocenters. The predicted molar refractivity (Wildman–Crippen MR) is 46.0 cm³/mol. The zero-order chi connectivity index (χ0) is 8.55. The molecule has 0 radical (unpaired) electrons. The molecule has 3 heteroatoms. The number of benzene rings is 1. The Morgan fingerprint density at radius 3 is 2.83 bits per heavy atom. The van der Waals surface area contributed by atoms with Crippen LogP contribution in [0.2, 0.25) is 0 Å². The van der Waals surface area contributed by atoms with Gasteiger partial charge in [-0.2, -0.15) is 5.10 Å². The van der Waals surface area contributed by atoms with E-state index in [-0.39, 0.29) is 5.91 Å². The van der Waals surface area contributed by atoms with Crippen LogP contribution in [0.3, 0.4) is 0 Å². The lowest BCUT2D eigenvalue weighted by molar-refractivity contribution is 0.0922. The number of rotatable bonds is 0. The summed E-state index contributed by atoms with van der Waals surface area (Å²) < 4.78 is 1.35. The average molecular weight is 160 g/mol. The highest BCUT2D eigenvalue weighted by molar-refractivity contribution is 5.84. The van der Waals surface area contributed by atoms with Gasteiger partial charge in [0, 0.05) is 18.5 Å². The van der Waals surface area contributed by atoms with Gasteiger partial charge in [-0.05, 0) is 6.07 Å². The molecule has 0 aliphatic rings. The molecule has 1 aromatic carbocycles. The van der Waals surface area contributed by atoms with Crippen molar-refractivity contribution in [2.75, 3.05) is 0 Å². The van der Waals surface area contributed by atoms with Gasteiger partial charge in [0.2, 0.25) is 5.91 Å². The van der Waals surface area contributed by atoms with Crippen LogP contribution in [-0.2, 0) is 0 Å². The molecule has 0 saturated heterocycles. The first-order valence-electron chi connectivity index (χ1n) is 3.73. The Balaban J connectivity index is 2.70. The van der Waals surface area contributed by atoms with E-state index in [2.05, 4.69) is 5.10 Å². The molecule has 3 nitrogen and oxygen atoms in total. The minimum atomic E-state index is -0.0637. The molecule has 12 heavy (non-hydrogen) atoms. The summed E-state index contributed by atoms with van der Waals surface area (Å²) in [5, 5.41) is 5.07. The van der Waals surface area contributed by atoms with Crippen molar-refractivity contribution in [2.24, 2.45) is 0 Å². The van der Waals surface area contributed by atoms with E-state index in [1.807, 2.05) is 24.3 Å². The summed E-state index contributed by atoms with van der Waals surface area (Å²) in [5.41, 5.74) is 0.854. The maximum atomic E-state index is 10.9. The van der Waals surface area contributed by atoms with Gasteiger partial charge in [-0.3, -0.25) is 4.79 Å². The third-order valence-corrected chi connectivity index (χ3v) is 1.74. The fraction of sp³-hybridized carbons (Fsp3) is 0.111. The summed E-state index contributed by atoms with van der Waals surface area (Å²) in [6, 6.07) is 7.64. The molecule has 0 saturated carbocycles. The first kappa shape index (κ1) is 7.03. The van der Waals surface area contributed by atoms with Crippen molar-refractivity contribution < 1.29 is 4.79 Å². The Bertz CT molecular complexity index is 398. The summed E-state index contributed by atoms with van der Waals surface area (Å²) in [6.07, 6.45) is 1.73. The molecule has 0 fully saturated rings. The SMILES string of the molecule is CC(=O)n1cc2ccccc2n1. The van der Waals surface area contributed by atoms with E-state index in [0.717, 1.165) is 10.9 Å². The van der Waals surface area contributed by atoms with Crippen molar-refractivity contribution in [3.63, 3.8) is 0 Å². The van der Waals surface area contributed by atoms with Crippen LogP contribution >= 0.6 is 0 Å². The van der Waals surface area contributed by atoms with Gasteiger partial charge in [-0.1, -0.05) is 18.2 Å². The molecule has 0 bridgehead atoms. The Kier molecular flexibility index (Phi) is 1.43. The number of carbonyl (C=O) groups excluding carboxylic acids is 1. The van der Waals surface area contributed by atoms with Gasteiger partial charge in [0.1, 0.15) is 0 Å². The molecule has 2 aromatic rings. The molecule has 0 aliphatic heterocycles. The lowest BCUT2D eigenvalue weighted by atomic mass is 10.3. The minimum Gasteiger partial charge on any atom is -0.273 e. The van der Waals surface area contributed by atoms with E-state index in [0.29, 0.717) is 0 Å². The largest absolute Gasteiger partial charge is 0.273 e. The molecule has 0 spiro atoms. The molecular weight excluding hydrogens is 152 g/mol. The van der Waals surface area contributed by atoms with Crippen molar-refractivity contribution in [1.82, 2.24) is 9.78 Å². The van der Waals surface area contributed by atoms with E-state index in [1.165, 1.54) is 11.6 Å². The molecule has 0 amide bonds. The predicted octanol–water partition coefficient (Wildman–Crippen LogP) is 1.70. The third kappa shape index (κ3) is 0.993. The average Bonchev–Trinajstić information content (AvgIpc) is 2.46. The summed E-state index contributed by atoms with van der Waals surface area (Å²) in [7, 11) is 0. The zero-order valence-corrected chi connectivity index (χ0v) is 6.69. The molecule has 1 aromatic heterocycles. The van der Waals surface area contributed by atoms with E-state index in [4.69, 9.17) is 0 Å². The maximum absolute atomic E-state index is 10.9. The van der Waals surface area contributed by atoms with E-state index in [9.17, 15) is 4.79 Å². The Morgan fingerprint density at radius 2 is 2.17 bits per heavy atom. The van der Waals surface area contributed by atoms with Crippen LogP contribution in [0, 0.1) is 0 Å². The van der Waals surface area contributed by atoms with Crippen LogP contribution in [0.1, 0.15) is 11.7 Å². The number of hydrogen-bond acceptors (Lipinski definition) is 2. The quantitative estimate of drug-likeness (QED) is 0.587. The topological polar surface area (TPSA) is 34.9 Å². The molecular formula is C9H8N2O. The van der Waals surface area contributed by atoms with Gasteiger partial charge in [-0.25, -0.2) is 4.68 Å². The van der Waals surface area contributed by atoms with Gasteiger partial charge >= 0.3 is 0 Å². The Morgan fingerprint density at radius 1 is 1.42 bits per heavy atom. The summed E-state index contributed by atoms with van der Waals surface area (Å²) in [4.78, 5) is 10.9. The number of hydrogen-bond donors (Lipinski definition) is 0. The van der Waals surface area contributed by atoms with Crippen molar-refractivity contribution in [2.45, 2.75) is 6.92 Å². The van der Waals surface area contributed by atoms with Crippen LogP contribution in [0.25, 0.3) is 10.9 Å². The van der Waals surface area contributed by atoms with Gasteiger partial charge in [0.05, 0.1) is 5.52 Å². The van der Waals surface area contributed by atoms with Gasteiger partial charge in [0.25, 0.3) is 0 Å². The first-order valence-corrected chi connectivity index (χ1v) is 3.73. The highest BCUT2D eigenvalue weighted by Gasteiger charge is 2.01. The third-order valence-electron chi connectivity index (χ3n) is 1.74. The second-order valence-electron chi connectivity index (χ2n) is 2.65. The smallest absolute Gasteiger partial charge is 0.243 e. The van der Waals surface area contributed by atoms with Gasteiger partial charge in [-0.15, -0.1) is 0 Å². The van der Waals surface area contributed by atoms with Crippen molar-refractivity contribution >= 4 is 16.8 Å².